The molecule has 3 nitrogen and oxygen atoms in total. The predicted molar refractivity (Wildman–Crippen MR) is 60.4 cm³/mol. The van der Waals surface area contributed by atoms with Gasteiger partial charge in [-0.2, -0.15) is 0 Å². The molecule has 1 rings (SSSR count). The second-order valence-electron chi connectivity index (χ2n) is 3.44. The monoisotopic (exact) mass is 227 g/mol. The lowest BCUT2D eigenvalue weighted by Gasteiger charge is -2.14. The molecule has 0 aromatic heterocycles. The molecule has 0 amide bonds. The SMILES string of the molecule is CCN(C)Cc1ccc(C(=O)O)cc1Cl. The normalized spacial score (nSPS) is 10.7. The van der Waals surface area contributed by atoms with Gasteiger partial charge in [-0.1, -0.05) is 24.6 Å². The third-order valence-corrected chi connectivity index (χ3v) is 2.63. The molecule has 1 aromatic carbocycles. The van der Waals surface area contributed by atoms with E-state index < -0.39 is 5.97 Å². The Morgan fingerprint density at radius 1 is 1.53 bits per heavy atom. The molecule has 0 radical (unpaired) electrons. The van der Waals surface area contributed by atoms with Crippen LogP contribution in [-0.4, -0.2) is 29.6 Å². The largest absolute Gasteiger partial charge is 0.478 e. The van der Waals surface area contributed by atoms with Gasteiger partial charge in [-0.15, -0.1) is 0 Å². The van der Waals surface area contributed by atoms with Crippen LogP contribution in [0.25, 0.3) is 0 Å². The van der Waals surface area contributed by atoms with Crippen LogP contribution >= 0.6 is 11.6 Å². The van der Waals surface area contributed by atoms with Gasteiger partial charge in [-0.3, -0.25) is 0 Å². The molecule has 0 unspecified atom stereocenters. The fourth-order valence-corrected chi connectivity index (χ4v) is 1.45. The molecule has 0 atom stereocenters. The first-order valence-corrected chi connectivity index (χ1v) is 5.12. The summed E-state index contributed by atoms with van der Waals surface area (Å²) in [6, 6.07) is 4.83. The molecule has 4 heteroatoms. The smallest absolute Gasteiger partial charge is 0.335 e. The van der Waals surface area contributed by atoms with Crippen LogP contribution in [0, 0.1) is 0 Å². The van der Waals surface area contributed by atoms with E-state index in [0.717, 1.165) is 18.7 Å². The minimum Gasteiger partial charge on any atom is -0.478 e. The van der Waals surface area contributed by atoms with Gasteiger partial charge in [0.2, 0.25) is 0 Å². The highest BCUT2D eigenvalue weighted by molar-refractivity contribution is 6.31. The zero-order chi connectivity index (χ0) is 11.4. The van der Waals surface area contributed by atoms with Gasteiger partial charge in [0.15, 0.2) is 0 Å². The number of carboxylic acids is 1. The zero-order valence-electron chi connectivity index (χ0n) is 8.83. The number of nitrogens with zero attached hydrogens (tertiary/aromatic N) is 1. The van der Waals surface area contributed by atoms with Crippen molar-refractivity contribution in [2.75, 3.05) is 13.6 Å². The first-order chi connectivity index (χ1) is 7.04. The first-order valence-electron chi connectivity index (χ1n) is 4.75. The topological polar surface area (TPSA) is 40.5 Å². The average Bonchev–Trinajstić information content (AvgIpc) is 2.20. The van der Waals surface area contributed by atoms with E-state index in [9.17, 15) is 4.79 Å². The summed E-state index contributed by atoms with van der Waals surface area (Å²) in [5.41, 5.74) is 1.17. The van der Waals surface area contributed by atoms with Gasteiger partial charge in [0.25, 0.3) is 0 Å². The number of hydrogen-bond acceptors (Lipinski definition) is 2. The Morgan fingerprint density at radius 2 is 2.20 bits per heavy atom. The molecule has 0 heterocycles. The van der Waals surface area contributed by atoms with Crippen LogP contribution in [-0.2, 0) is 6.54 Å². The molecular weight excluding hydrogens is 214 g/mol. The lowest BCUT2D eigenvalue weighted by Crippen LogP contribution is -2.17. The molecule has 0 saturated heterocycles. The maximum atomic E-state index is 10.7. The Balaban J connectivity index is 2.88. The average molecular weight is 228 g/mol. The Morgan fingerprint density at radius 3 is 2.67 bits per heavy atom. The lowest BCUT2D eigenvalue weighted by molar-refractivity contribution is 0.0697. The summed E-state index contributed by atoms with van der Waals surface area (Å²) in [6.07, 6.45) is 0. The summed E-state index contributed by atoms with van der Waals surface area (Å²) >= 11 is 5.98. The van der Waals surface area contributed by atoms with Crippen molar-refractivity contribution in [2.24, 2.45) is 0 Å². The van der Waals surface area contributed by atoms with Gasteiger partial charge < -0.3 is 10.0 Å². The molecule has 0 aliphatic heterocycles. The summed E-state index contributed by atoms with van der Waals surface area (Å²) < 4.78 is 0. The van der Waals surface area contributed by atoms with E-state index in [1.165, 1.54) is 6.07 Å². The highest BCUT2D eigenvalue weighted by Gasteiger charge is 2.07. The highest BCUT2D eigenvalue weighted by Crippen LogP contribution is 2.19. The van der Waals surface area contributed by atoms with E-state index in [0.29, 0.717) is 5.02 Å². The van der Waals surface area contributed by atoms with E-state index in [4.69, 9.17) is 16.7 Å². The van der Waals surface area contributed by atoms with Crippen LogP contribution in [0.3, 0.4) is 0 Å². The van der Waals surface area contributed by atoms with Gasteiger partial charge in [0, 0.05) is 11.6 Å². The summed E-state index contributed by atoms with van der Waals surface area (Å²) in [5.74, 6) is -0.952. The van der Waals surface area contributed by atoms with E-state index in [-0.39, 0.29) is 5.56 Å². The Kier molecular flexibility index (Phi) is 4.12. The van der Waals surface area contributed by atoms with Crippen LogP contribution < -0.4 is 0 Å². The van der Waals surface area contributed by atoms with Gasteiger partial charge >= 0.3 is 5.97 Å². The van der Waals surface area contributed by atoms with Gasteiger partial charge in [-0.25, -0.2) is 4.79 Å². The van der Waals surface area contributed by atoms with Gasteiger partial charge in [0.05, 0.1) is 5.56 Å². The molecule has 0 spiro atoms. The Bertz CT molecular complexity index is 366. The van der Waals surface area contributed by atoms with Crippen molar-refractivity contribution in [1.82, 2.24) is 4.90 Å². The summed E-state index contributed by atoms with van der Waals surface area (Å²) in [5, 5.41) is 9.27. The van der Waals surface area contributed by atoms with Crippen molar-refractivity contribution in [2.45, 2.75) is 13.5 Å². The molecule has 0 fully saturated rings. The minimum atomic E-state index is -0.952. The molecule has 0 aliphatic carbocycles. The second-order valence-corrected chi connectivity index (χ2v) is 3.85. The molecule has 0 saturated carbocycles. The number of benzene rings is 1. The first kappa shape index (κ1) is 12.0. The number of rotatable bonds is 4. The van der Waals surface area contributed by atoms with Gasteiger partial charge in [0.1, 0.15) is 0 Å². The fraction of sp³-hybridized carbons (Fsp3) is 0.364. The maximum Gasteiger partial charge on any atom is 0.335 e. The number of halogens is 1. The van der Waals surface area contributed by atoms with Crippen molar-refractivity contribution in [3.8, 4) is 0 Å². The molecule has 1 aromatic rings. The Labute approximate surface area is 94.3 Å². The molecule has 82 valence electrons. The third kappa shape index (κ3) is 3.22. The van der Waals surface area contributed by atoms with Crippen molar-refractivity contribution in [3.05, 3.63) is 34.3 Å². The number of carbonyl (C=O) groups is 1. The standard InChI is InChI=1S/C11H14ClNO2/c1-3-13(2)7-9-5-4-8(11(14)15)6-10(9)12/h4-6H,3,7H2,1-2H3,(H,14,15). The van der Waals surface area contributed by atoms with Crippen LogP contribution in [0.15, 0.2) is 18.2 Å². The molecular formula is C11H14ClNO2. The van der Waals surface area contributed by atoms with E-state index in [1.807, 2.05) is 7.05 Å². The van der Waals surface area contributed by atoms with Crippen LogP contribution in [0.5, 0.6) is 0 Å². The molecule has 15 heavy (non-hydrogen) atoms. The van der Waals surface area contributed by atoms with Crippen molar-refractivity contribution >= 4 is 17.6 Å². The van der Waals surface area contributed by atoms with Gasteiger partial charge in [-0.05, 0) is 31.3 Å². The number of hydrogen-bond donors (Lipinski definition) is 1. The van der Waals surface area contributed by atoms with E-state index in [1.54, 1.807) is 12.1 Å². The number of aromatic carboxylic acids is 1. The number of carboxylic acid groups (broad SMARTS) is 1. The lowest BCUT2D eigenvalue weighted by atomic mass is 10.1. The molecule has 1 N–H and O–H groups in total. The summed E-state index contributed by atoms with van der Waals surface area (Å²) in [6.45, 7) is 3.71. The predicted octanol–water partition coefficient (Wildman–Crippen LogP) is 2.49. The molecule has 0 aliphatic rings. The van der Waals surface area contributed by atoms with E-state index >= 15 is 0 Å². The zero-order valence-corrected chi connectivity index (χ0v) is 9.58. The quantitative estimate of drug-likeness (QED) is 0.859. The van der Waals surface area contributed by atoms with Crippen LogP contribution in [0.1, 0.15) is 22.8 Å². The second kappa shape index (κ2) is 5.14. The minimum absolute atomic E-state index is 0.225. The molecule has 0 bridgehead atoms. The third-order valence-electron chi connectivity index (χ3n) is 2.28. The van der Waals surface area contributed by atoms with Crippen molar-refractivity contribution in [1.29, 1.82) is 0 Å². The Hall–Kier alpha value is -1.06. The highest BCUT2D eigenvalue weighted by atomic mass is 35.5. The maximum absolute atomic E-state index is 10.7. The van der Waals surface area contributed by atoms with E-state index in [2.05, 4.69) is 11.8 Å². The summed E-state index contributed by atoms with van der Waals surface area (Å²) in [4.78, 5) is 12.8. The fourth-order valence-electron chi connectivity index (χ4n) is 1.21. The summed E-state index contributed by atoms with van der Waals surface area (Å²) in [7, 11) is 1.99. The van der Waals surface area contributed by atoms with Crippen molar-refractivity contribution in [3.63, 3.8) is 0 Å². The van der Waals surface area contributed by atoms with Crippen LogP contribution in [0.4, 0.5) is 0 Å². The van der Waals surface area contributed by atoms with Crippen LogP contribution in [0.2, 0.25) is 5.02 Å². The van der Waals surface area contributed by atoms with Crippen molar-refractivity contribution < 1.29 is 9.90 Å².